The molecule has 0 radical (unpaired) electrons. The van der Waals surface area contributed by atoms with Gasteiger partial charge in [0.05, 0.1) is 17.1 Å². The van der Waals surface area contributed by atoms with Gasteiger partial charge in [-0.05, 0) is 6.07 Å². The lowest BCUT2D eigenvalue weighted by molar-refractivity contribution is 0.0925. The minimum atomic E-state index is -3.96. The quantitative estimate of drug-likeness (QED) is 0.706. The van der Waals surface area contributed by atoms with Crippen molar-refractivity contribution in [2.75, 3.05) is 33.5 Å². The lowest BCUT2D eigenvalue weighted by atomic mass is 10.1. The fraction of sp³-hybridized carbons (Fsp3) is 0.417. The van der Waals surface area contributed by atoms with Crippen molar-refractivity contribution in [3.63, 3.8) is 0 Å². The molecule has 0 fully saturated rings. The van der Waals surface area contributed by atoms with E-state index in [1.807, 2.05) is 0 Å². The summed E-state index contributed by atoms with van der Waals surface area (Å²) in [4.78, 5) is 11.9. The van der Waals surface area contributed by atoms with Crippen LogP contribution in [0.4, 0.5) is 0 Å². The molecule has 0 bridgehead atoms. The molecule has 8 nitrogen and oxygen atoms in total. The normalized spacial score (nSPS) is 13.8. The summed E-state index contributed by atoms with van der Waals surface area (Å²) >= 11 is 0. The van der Waals surface area contributed by atoms with Crippen LogP contribution in [0.1, 0.15) is 10.4 Å². The summed E-state index contributed by atoms with van der Waals surface area (Å²) < 4.78 is 38.5. The molecular weight excluding hydrogens is 300 g/mol. The highest BCUT2D eigenvalue weighted by molar-refractivity contribution is 7.89. The van der Waals surface area contributed by atoms with E-state index in [9.17, 15) is 13.2 Å². The number of hydrogen-bond acceptors (Lipinski definition) is 6. The maximum Gasteiger partial charge on any atom is 0.255 e. The number of fused-ring (bicyclic) bond motifs is 1. The van der Waals surface area contributed by atoms with Crippen LogP contribution in [0, 0.1) is 0 Å². The second kappa shape index (κ2) is 6.29. The smallest absolute Gasteiger partial charge is 0.255 e. The fourth-order valence-corrected chi connectivity index (χ4v) is 2.38. The van der Waals surface area contributed by atoms with Crippen molar-refractivity contribution in [3.05, 3.63) is 17.7 Å². The molecule has 1 amide bonds. The first-order valence-electron chi connectivity index (χ1n) is 6.17. The predicted molar refractivity (Wildman–Crippen MR) is 73.0 cm³/mol. The van der Waals surface area contributed by atoms with Crippen molar-refractivity contribution < 1.29 is 27.4 Å². The Hall–Kier alpha value is -1.84. The largest absolute Gasteiger partial charge is 0.486 e. The Bertz CT molecular complexity index is 643. The van der Waals surface area contributed by atoms with E-state index in [1.165, 1.54) is 19.2 Å². The van der Waals surface area contributed by atoms with Gasteiger partial charge in [0.25, 0.3) is 5.91 Å². The molecule has 0 aliphatic carbocycles. The number of nitrogens with one attached hydrogen (secondary N) is 1. The van der Waals surface area contributed by atoms with Crippen LogP contribution in [0.25, 0.3) is 0 Å². The third-order valence-corrected chi connectivity index (χ3v) is 3.67. The molecule has 0 unspecified atom stereocenters. The Morgan fingerprint density at radius 2 is 2.10 bits per heavy atom. The number of methoxy groups -OCH3 is 1. The number of rotatable bonds is 5. The summed E-state index contributed by atoms with van der Waals surface area (Å²) in [6, 6.07) is 2.42. The molecule has 1 heterocycles. The van der Waals surface area contributed by atoms with Crippen molar-refractivity contribution in [3.8, 4) is 11.5 Å². The van der Waals surface area contributed by atoms with Gasteiger partial charge in [0.1, 0.15) is 13.2 Å². The third kappa shape index (κ3) is 3.63. The molecule has 0 atom stereocenters. The molecule has 0 saturated heterocycles. The monoisotopic (exact) mass is 316 g/mol. The molecule has 0 saturated carbocycles. The topological polar surface area (TPSA) is 117 Å². The highest BCUT2D eigenvalue weighted by Crippen LogP contribution is 2.36. The molecule has 1 aromatic rings. The molecule has 1 aliphatic rings. The van der Waals surface area contributed by atoms with Crippen LogP contribution in [0.2, 0.25) is 0 Å². The summed E-state index contributed by atoms with van der Waals surface area (Å²) in [5.41, 5.74) is 0.0623. The average molecular weight is 316 g/mol. The Kier molecular flexibility index (Phi) is 4.66. The van der Waals surface area contributed by atoms with Crippen molar-refractivity contribution in [2.24, 2.45) is 5.14 Å². The van der Waals surface area contributed by atoms with Crippen molar-refractivity contribution in [1.29, 1.82) is 0 Å². The zero-order valence-electron chi connectivity index (χ0n) is 11.4. The first kappa shape index (κ1) is 15.5. The number of hydrogen-bond donors (Lipinski definition) is 2. The van der Waals surface area contributed by atoms with Gasteiger partial charge in [-0.15, -0.1) is 0 Å². The molecule has 3 N–H and O–H groups in total. The van der Waals surface area contributed by atoms with Gasteiger partial charge in [-0.2, -0.15) is 0 Å². The number of carbonyl (C=O) groups excluding carboxylic acids is 1. The number of benzene rings is 1. The van der Waals surface area contributed by atoms with Crippen LogP contribution in [0.5, 0.6) is 11.5 Å². The maximum atomic E-state index is 12.1. The molecule has 116 valence electrons. The van der Waals surface area contributed by atoms with Gasteiger partial charge in [0, 0.05) is 19.7 Å². The highest BCUT2D eigenvalue weighted by Gasteiger charge is 2.24. The molecule has 0 spiro atoms. The van der Waals surface area contributed by atoms with E-state index in [0.29, 0.717) is 6.61 Å². The van der Waals surface area contributed by atoms with Crippen LogP contribution in [0.15, 0.2) is 17.0 Å². The average Bonchev–Trinajstić information content (AvgIpc) is 2.45. The number of carbonyl (C=O) groups is 1. The number of primary sulfonamides is 1. The van der Waals surface area contributed by atoms with Gasteiger partial charge in [-0.25, -0.2) is 13.6 Å². The van der Waals surface area contributed by atoms with Gasteiger partial charge in [-0.1, -0.05) is 0 Å². The Balaban J connectivity index is 2.40. The van der Waals surface area contributed by atoms with Crippen molar-refractivity contribution in [1.82, 2.24) is 5.32 Å². The van der Waals surface area contributed by atoms with E-state index in [-0.39, 0.29) is 41.7 Å². The minimum Gasteiger partial charge on any atom is -0.486 e. The highest BCUT2D eigenvalue weighted by atomic mass is 32.2. The molecule has 1 aromatic carbocycles. The second-order valence-corrected chi connectivity index (χ2v) is 5.85. The Labute approximate surface area is 122 Å². The minimum absolute atomic E-state index is 0.0623. The zero-order chi connectivity index (χ0) is 15.5. The van der Waals surface area contributed by atoms with Crippen LogP contribution in [0.3, 0.4) is 0 Å². The molecule has 2 rings (SSSR count). The second-order valence-electron chi connectivity index (χ2n) is 4.29. The van der Waals surface area contributed by atoms with Crippen LogP contribution < -0.4 is 19.9 Å². The number of ether oxygens (including phenoxy) is 3. The lowest BCUT2D eigenvalue weighted by Crippen LogP contribution is -2.29. The van der Waals surface area contributed by atoms with E-state index in [4.69, 9.17) is 19.3 Å². The summed E-state index contributed by atoms with van der Waals surface area (Å²) in [6.45, 7) is 1.16. The molecular formula is C12H16N2O6S. The van der Waals surface area contributed by atoms with Gasteiger partial charge >= 0.3 is 0 Å². The van der Waals surface area contributed by atoms with Crippen LogP contribution in [-0.2, 0) is 14.8 Å². The summed E-state index contributed by atoms with van der Waals surface area (Å²) in [5, 5.41) is 7.70. The van der Waals surface area contributed by atoms with Crippen molar-refractivity contribution in [2.45, 2.75) is 4.90 Å². The van der Waals surface area contributed by atoms with Crippen LogP contribution >= 0.6 is 0 Å². The Morgan fingerprint density at radius 1 is 1.38 bits per heavy atom. The Morgan fingerprint density at radius 3 is 2.76 bits per heavy atom. The fourth-order valence-electron chi connectivity index (χ4n) is 1.82. The number of nitrogens with two attached hydrogens (primary N) is 1. The molecule has 1 aliphatic heterocycles. The van der Waals surface area contributed by atoms with E-state index in [1.54, 1.807) is 0 Å². The van der Waals surface area contributed by atoms with E-state index in [0.717, 1.165) is 0 Å². The molecule has 9 heteroatoms. The van der Waals surface area contributed by atoms with E-state index in [2.05, 4.69) is 5.32 Å². The first-order valence-corrected chi connectivity index (χ1v) is 7.71. The number of amides is 1. The molecule has 21 heavy (non-hydrogen) atoms. The van der Waals surface area contributed by atoms with Crippen molar-refractivity contribution >= 4 is 15.9 Å². The lowest BCUT2D eigenvalue weighted by Gasteiger charge is -2.21. The maximum absolute atomic E-state index is 12.1. The van der Waals surface area contributed by atoms with Crippen LogP contribution in [-0.4, -0.2) is 47.8 Å². The summed E-state index contributed by atoms with van der Waals surface area (Å²) in [5.74, 6) is -0.0902. The van der Waals surface area contributed by atoms with Gasteiger partial charge in [0.15, 0.2) is 11.5 Å². The third-order valence-electron chi connectivity index (χ3n) is 2.78. The summed E-state index contributed by atoms with van der Waals surface area (Å²) in [6.07, 6.45) is 0. The van der Waals surface area contributed by atoms with Gasteiger partial charge in [0.2, 0.25) is 10.0 Å². The summed E-state index contributed by atoms with van der Waals surface area (Å²) in [7, 11) is -2.45. The van der Waals surface area contributed by atoms with Gasteiger partial charge < -0.3 is 19.5 Å². The zero-order valence-corrected chi connectivity index (χ0v) is 12.2. The number of sulfonamides is 1. The molecule has 0 aromatic heterocycles. The first-order chi connectivity index (χ1) is 9.93. The van der Waals surface area contributed by atoms with E-state index >= 15 is 0 Å². The standard InChI is InChI=1S/C12H16N2O6S/c1-18-3-2-14-12(15)9-6-8(21(13,16)17)7-10-11(9)20-5-4-19-10/h6-7H,2-5H2,1H3,(H,14,15)(H2,13,16,17). The predicted octanol–water partition coefficient (Wildman–Crippen LogP) is -0.519. The van der Waals surface area contributed by atoms with E-state index < -0.39 is 15.9 Å². The van der Waals surface area contributed by atoms with Gasteiger partial charge in [-0.3, -0.25) is 4.79 Å². The SMILES string of the molecule is COCCNC(=O)c1cc(S(N)(=O)=O)cc2c1OCCO2.